The summed E-state index contributed by atoms with van der Waals surface area (Å²) >= 11 is 0. The number of nitrogens with one attached hydrogen (secondary N) is 1. The summed E-state index contributed by atoms with van der Waals surface area (Å²) in [6.07, 6.45) is 1.81. The van der Waals surface area contributed by atoms with E-state index in [1.165, 1.54) is 11.3 Å². The standard InChI is InChI=1S/C16H30N2O2Si/c1-11(2)21(12(3)4,13(5)6)20-16-14-7-9-19-10-8-15(14)17-18-16/h11-13H,7-10H2,1-6H3,(H,17,18). The normalized spacial score (nSPS) is 16.4. The molecule has 0 radical (unpaired) electrons. The predicted molar refractivity (Wildman–Crippen MR) is 88.5 cm³/mol. The molecule has 0 bridgehead atoms. The summed E-state index contributed by atoms with van der Waals surface area (Å²) in [6, 6.07) is 0. The summed E-state index contributed by atoms with van der Waals surface area (Å²) in [5.74, 6) is 0.846. The molecule has 120 valence electrons. The molecule has 2 rings (SSSR count). The third-order valence-electron chi connectivity index (χ3n) is 4.89. The number of aromatic nitrogens is 2. The van der Waals surface area contributed by atoms with Gasteiger partial charge in [0.2, 0.25) is 5.88 Å². The summed E-state index contributed by atoms with van der Waals surface area (Å²) < 4.78 is 12.3. The van der Waals surface area contributed by atoms with Crippen LogP contribution in [0.15, 0.2) is 0 Å². The lowest BCUT2D eigenvalue weighted by molar-refractivity contribution is 0.145. The molecule has 5 heteroatoms. The Morgan fingerprint density at radius 3 is 2.14 bits per heavy atom. The highest BCUT2D eigenvalue weighted by Crippen LogP contribution is 2.43. The van der Waals surface area contributed by atoms with E-state index in [9.17, 15) is 0 Å². The summed E-state index contributed by atoms with van der Waals surface area (Å²) in [6.45, 7) is 15.4. The molecule has 0 aromatic carbocycles. The summed E-state index contributed by atoms with van der Waals surface area (Å²) in [7, 11) is -1.93. The Morgan fingerprint density at radius 1 is 1.00 bits per heavy atom. The molecule has 0 unspecified atom stereocenters. The number of ether oxygens (including phenoxy) is 1. The SMILES string of the molecule is CC(C)[Si](Oc1n[nH]c2c1CCOCC2)(C(C)C)C(C)C. The number of hydrogen-bond acceptors (Lipinski definition) is 3. The lowest BCUT2D eigenvalue weighted by Crippen LogP contribution is -2.51. The van der Waals surface area contributed by atoms with Gasteiger partial charge in [-0.2, -0.15) is 0 Å². The predicted octanol–water partition coefficient (Wildman–Crippen LogP) is 4.08. The molecule has 0 fully saturated rings. The Labute approximate surface area is 129 Å². The molecule has 0 atom stereocenters. The van der Waals surface area contributed by atoms with Gasteiger partial charge in [-0.15, -0.1) is 5.10 Å². The number of fused-ring (bicyclic) bond motifs is 1. The van der Waals surface area contributed by atoms with Gasteiger partial charge >= 0.3 is 0 Å². The molecule has 1 aliphatic rings. The summed E-state index contributed by atoms with van der Waals surface area (Å²) in [5.41, 5.74) is 4.12. The van der Waals surface area contributed by atoms with E-state index >= 15 is 0 Å². The number of rotatable bonds is 5. The molecule has 0 amide bonds. The topological polar surface area (TPSA) is 47.1 Å². The number of aromatic amines is 1. The fourth-order valence-electron chi connectivity index (χ4n) is 3.90. The van der Waals surface area contributed by atoms with E-state index in [1.807, 2.05) is 0 Å². The van der Waals surface area contributed by atoms with Crippen LogP contribution in [0, 0.1) is 0 Å². The van der Waals surface area contributed by atoms with Gasteiger partial charge in [0.05, 0.1) is 13.2 Å². The van der Waals surface area contributed by atoms with Crippen molar-refractivity contribution >= 4 is 8.32 Å². The second-order valence-electron chi connectivity index (χ2n) is 7.02. The van der Waals surface area contributed by atoms with E-state index in [0.29, 0.717) is 16.6 Å². The maximum atomic E-state index is 6.72. The van der Waals surface area contributed by atoms with E-state index in [0.717, 1.165) is 31.9 Å². The fourth-order valence-corrected chi connectivity index (χ4v) is 9.11. The van der Waals surface area contributed by atoms with Gasteiger partial charge in [0.1, 0.15) is 0 Å². The van der Waals surface area contributed by atoms with Gasteiger partial charge in [-0.3, -0.25) is 5.10 Å². The van der Waals surface area contributed by atoms with E-state index in [1.54, 1.807) is 0 Å². The fraction of sp³-hybridized carbons (Fsp3) is 0.812. The molecule has 2 heterocycles. The lowest BCUT2D eigenvalue weighted by atomic mass is 10.1. The largest absolute Gasteiger partial charge is 0.529 e. The average molecular weight is 311 g/mol. The van der Waals surface area contributed by atoms with Crippen molar-refractivity contribution in [3.63, 3.8) is 0 Å². The van der Waals surface area contributed by atoms with Crippen molar-refractivity contribution in [2.24, 2.45) is 0 Å². The van der Waals surface area contributed by atoms with Crippen LogP contribution in [0.5, 0.6) is 5.88 Å². The van der Waals surface area contributed by atoms with Crippen LogP contribution in [0.1, 0.15) is 52.8 Å². The van der Waals surface area contributed by atoms with Crippen LogP contribution in [-0.2, 0) is 17.6 Å². The van der Waals surface area contributed by atoms with E-state index in [2.05, 4.69) is 51.7 Å². The third kappa shape index (κ3) is 3.04. The maximum absolute atomic E-state index is 6.72. The molecule has 0 saturated carbocycles. The van der Waals surface area contributed by atoms with Gasteiger partial charge in [0.15, 0.2) is 0 Å². The Balaban J connectivity index is 2.35. The Kier molecular flexibility index (Phi) is 5.14. The van der Waals surface area contributed by atoms with Gasteiger partial charge in [-0.1, -0.05) is 41.5 Å². The van der Waals surface area contributed by atoms with Crippen LogP contribution in [0.3, 0.4) is 0 Å². The van der Waals surface area contributed by atoms with Crippen molar-refractivity contribution < 1.29 is 9.16 Å². The van der Waals surface area contributed by atoms with Crippen molar-refractivity contribution in [2.75, 3.05) is 13.2 Å². The first-order valence-electron chi connectivity index (χ1n) is 8.22. The average Bonchev–Trinajstić information content (AvgIpc) is 2.62. The summed E-state index contributed by atoms with van der Waals surface area (Å²) in [4.78, 5) is 0. The highest BCUT2D eigenvalue weighted by Gasteiger charge is 2.47. The van der Waals surface area contributed by atoms with Crippen LogP contribution < -0.4 is 4.43 Å². The maximum Gasteiger partial charge on any atom is 0.260 e. The van der Waals surface area contributed by atoms with E-state index in [-0.39, 0.29) is 0 Å². The quantitative estimate of drug-likeness (QED) is 0.834. The van der Waals surface area contributed by atoms with Gasteiger partial charge in [0, 0.05) is 24.1 Å². The van der Waals surface area contributed by atoms with Crippen molar-refractivity contribution in [1.29, 1.82) is 0 Å². The smallest absolute Gasteiger partial charge is 0.260 e. The van der Waals surface area contributed by atoms with Gasteiger partial charge in [-0.25, -0.2) is 0 Å². The number of nitrogens with zero attached hydrogens (tertiary/aromatic N) is 1. The molecule has 4 nitrogen and oxygen atoms in total. The highest BCUT2D eigenvalue weighted by atomic mass is 28.4. The van der Waals surface area contributed by atoms with Crippen LogP contribution >= 0.6 is 0 Å². The van der Waals surface area contributed by atoms with Crippen LogP contribution in [0.2, 0.25) is 16.6 Å². The van der Waals surface area contributed by atoms with Crippen LogP contribution in [-0.4, -0.2) is 31.7 Å². The Bertz CT molecular complexity index is 447. The molecule has 1 aromatic heterocycles. The zero-order valence-electron chi connectivity index (χ0n) is 14.3. The minimum Gasteiger partial charge on any atom is -0.529 e. The van der Waals surface area contributed by atoms with Crippen LogP contribution in [0.4, 0.5) is 0 Å². The second kappa shape index (κ2) is 6.52. The van der Waals surface area contributed by atoms with E-state index in [4.69, 9.17) is 9.16 Å². The highest BCUT2D eigenvalue weighted by molar-refractivity contribution is 6.78. The first kappa shape index (κ1) is 16.6. The molecule has 0 spiro atoms. The molecule has 0 aliphatic carbocycles. The zero-order chi connectivity index (χ0) is 15.6. The Morgan fingerprint density at radius 2 is 1.57 bits per heavy atom. The van der Waals surface area contributed by atoms with Crippen molar-refractivity contribution in [3.05, 3.63) is 11.3 Å². The van der Waals surface area contributed by atoms with Crippen molar-refractivity contribution in [2.45, 2.75) is 71.0 Å². The van der Waals surface area contributed by atoms with Gasteiger partial charge in [0.25, 0.3) is 8.32 Å². The first-order chi connectivity index (χ1) is 9.89. The van der Waals surface area contributed by atoms with Crippen molar-refractivity contribution in [1.82, 2.24) is 10.2 Å². The third-order valence-corrected chi connectivity index (χ3v) is 10.8. The molecular weight excluding hydrogens is 280 g/mol. The molecule has 0 saturated heterocycles. The van der Waals surface area contributed by atoms with Gasteiger partial charge < -0.3 is 9.16 Å². The molecule has 1 aromatic rings. The monoisotopic (exact) mass is 310 g/mol. The minimum atomic E-state index is -1.93. The number of hydrogen-bond donors (Lipinski definition) is 1. The number of H-pyrrole nitrogens is 1. The molecule has 1 aliphatic heterocycles. The molecular formula is C16H30N2O2Si. The first-order valence-corrected chi connectivity index (χ1v) is 10.4. The lowest BCUT2D eigenvalue weighted by Gasteiger charge is -2.41. The zero-order valence-corrected chi connectivity index (χ0v) is 15.3. The van der Waals surface area contributed by atoms with Crippen LogP contribution in [0.25, 0.3) is 0 Å². The Hall–Kier alpha value is -0.813. The van der Waals surface area contributed by atoms with Gasteiger partial charge in [-0.05, 0) is 16.6 Å². The van der Waals surface area contributed by atoms with E-state index < -0.39 is 8.32 Å². The minimum absolute atomic E-state index is 0.562. The second-order valence-corrected chi connectivity index (χ2v) is 12.4. The summed E-state index contributed by atoms with van der Waals surface area (Å²) in [5, 5.41) is 7.68. The molecule has 21 heavy (non-hydrogen) atoms. The molecule has 1 N–H and O–H groups in total. The van der Waals surface area contributed by atoms with Crippen molar-refractivity contribution in [3.8, 4) is 5.88 Å².